The van der Waals surface area contributed by atoms with E-state index in [1.165, 1.54) is 6.92 Å². The van der Waals surface area contributed by atoms with E-state index in [1.807, 2.05) is 0 Å². The van der Waals surface area contributed by atoms with Crippen molar-refractivity contribution in [3.63, 3.8) is 0 Å². The fourth-order valence-corrected chi connectivity index (χ4v) is 1.22. The van der Waals surface area contributed by atoms with Crippen molar-refractivity contribution >= 4 is 39.1 Å². The maximum atomic E-state index is 13.2. The van der Waals surface area contributed by atoms with Crippen LogP contribution in [0.3, 0.4) is 0 Å². The molecule has 0 bridgehead atoms. The van der Waals surface area contributed by atoms with Gasteiger partial charge in [0.1, 0.15) is 17.0 Å². The van der Waals surface area contributed by atoms with Gasteiger partial charge in [0.15, 0.2) is 0 Å². The third-order valence-corrected chi connectivity index (χ3v) is 2.44. The van der Waals surface area contributed by atoms with E-state index in [0.29, 0.717) is 0 Å². The molecule has 0 saturated heterocycles. The lowest BCUT2D eigenvalue weighted by Gasteiger charge is -2.08. The van der Waals surface area contributed by atoms with Crippen LogP contribution in [-0.2, 0) is 4.79 Å². The minimum absolute atomic E-state index is 0.00285. The first-order valence-corrected chi connectivity index (χ1v) is 5.24. The summed E-state index contributed by atoms with van der Waals surface area (Å²) in [6, 6.07) is 1.82. The van der Waals surface area contributed by atoms with Crippen molar-refractivity contribution in [1.82, 2.24) is 0 Å². The van der Waals surface area contributed by atoms with Crippen LogP contribution in [0.2, 0.25) is 0 Å². The van der Waals surface area contributed by atoms with Crippen molar-refractivity contribution in [3.05, 3.63) is 28.2 Å². The molecule has 1 unspecified atom stereocenters. The maximum Gasteiger partial charge on any atom is 0.242 e. The Hall–Kier alpha value is -0.680. The molecular formula is C9H7BrClF2NO. The molecule has 0 aromatic heterocycles. The third kappa shape index (κ3) is 3.14. The second kappa shape index (κ2) is 4.90. The number of anilines is 1. The zero-order chi connectivity index (χ0) is 11.6. The van der Waals surface area contributed by atoms with Crippen LogP contribution in [0, 0.1) is 11.6 Å². The van der Waals surface area contributed by atoms with E-state index < -0.39 is 22.9 Å². The summed E-state index contributed by atoms with van der Waals surface area (Å²) in [7, 11) is 0. The summed E-state index contributed by atoms with van der Waals surface area (Å²) in [5, 5.41) is 1.36. The average molecular weight is 299 g/mol. The number of carbonyl (C=O) groups is 1. The molecule has 0 saturated carbocycles. The first kappa shape index (κ1) is 12.4. The molecule has 82 valence electrons. The predicted molar refractivity (Wildman–Crippen MR) is 58.0 cm³/mol. The molecule has 0 aliphatic heterocycles. The first-order valence-electron chi connectivity index (χ1n) is 4.01. The van der Waals surface area contributed by atoms with Gasteiger partial charge in [-0.1, -0.05) is 0 Å². The fraction of sp³-hybridized carbons (Fsp3) is 0.222. The lowest BCUT2D eigenvalue weighted by atomic mass is 10.3. The van der Waals surface area contributed by atoms with E-state index in [1.54, 1.807) is 0 Å². The number of hydrogen-bond acceptors (Lipinski definition) is 1. The van der Waals surface area contributed by atoms with Gasteiger partial charge in [-0.15, -0.1) is 11.6 Å². The van der Waals surface area contributed by atoms with Crippen molar-refractivity contribution < 1.29 is 13.6 Å². The third-order valence-electron chi connectivity index (χ3n) is 1.63. The second-order valence-electron chi connectivity index (χ2n) is 2.85. The zero-order valence-corrected chi connectivity index (χ0v) is 9.99. The maximum absolute atomic E-state index is 13.2. The predicted octanol–water partition coefficient (Wildman–Crippen LogP) is 3.29. The topological polar surface area (TPSA) is 29.1 Å². The van der Waals surface area contributed by atoms with Gasteiger partial charge in [-0.25, -0.2) is 8.78 Å². The van der Waals surface area contributed by atoms with Crippen molar-refractivity contribution in [2.24, 2.45) is 0 Å². The summed E-state index contributed by atoms with van der Waals surface area (Å²) in [5.74, 6) is -1.97. The first-order chi connectivity index (χ1) is 6.91. The van der Waals surface area contributed by atoms with E-state index in [-0.39, 0.29) is 10.2 Å². The van der Waals surface area contributed by atoms with E-state index in [2.05, 4.69) is 21.2 Å². The van der Waals surface area contributed by atoms with Gasteiger partial charge >= 0.3 is 0 Å². The van der Waals surface area contributed by atoms with E-state index >= 15 is 0 Å². The molecule has 1 atom stereocenters. The van der Waals surface area contributed by atoms with Crippen LogP contribution in [-0.4, -0.2) is 11.3 Å². The minimum atomic E-state index is -0.809. The largest absolute Gasteiger partial charge is 0.322 e. The van der Waals surface area contributed by atoms with Gasteiger partial charge in [-0.05, 0) is 28.9 Å². The molecule has 15 heavy (non-hydrogen) atoms. The van der Waals surface area contributed by atoms with Crippen molar-refractivity contribution in [2.75, 3.05) is 5.32 Å². The van der Waals surface area contributed by atoms with Gasteiger partial charge in [0, 0.05) is 6.07 Å². The Labute approximate surface area is 98.7 Å². The van der Waals surface area contributed by atoms with Gasteiger partial charge in [-0.2, -0.15) is 0 Å². The van der Waals surface area contributed by atoms with Crippen LogP contribution >= 0.6 is 27.5 Å². The molecule has 2 nitrogen and oxygen atoms in total. The number of rotatable bonds is 2. The lowest BCUT2D eigenvalue weighted by Crippen LogP contribution is -2.21. The summed E-state index contributed by atoms with van der Waals surface area (Å²) in [4.78, 5) is 11.1. The highest BCUT2D eigenvalue weighted by Gasteiger charge is 2.14. The standard InChI is InChI=1S/C9H7BrClF2NO/c1-4(11)9(15)14-8-3-6(12)5(10)2-7(8)13/h2-4H,1H3,(H,14,15). The van der Waals surface area contributed by atoms with Gasteiger partial charge in [0.25, 0.3) is 0 Å². The van der Waals surface area contributed by atoms with Crippen LogP contribution < -0.4 is 5.32 Å². The fourth-order valence-electron chi connectivity index (χ4n) is 0.851. The van der Waals surface area contributed by atoms with Gasteiger partial charge in [0.2, 0.25) is 5.91 Å². The van der Waals surface area contributed by atoms with Crippen molar-refractivity contribution in [3.8, 4) is 0 Å². The van der Waals surface area contributed by atoms with Crippen LogP contribution in [0.15, 0.2) is 16.6 Å². The minimum Gasteiger partial charge on any atom is -0.322 e. The zero-order valence-electron chi connectivity index (χ0n) is 7.65. The molecule has 1 aromatic carbocycles. The quantitative estimate of drug-likeness (QED) is 0.659. The smallest absolute Gasteiger partial charge is 0.242 e. The Morgan fingerprint density at radius 2 is 2.07 bits per heavy atom. The Morgan fingerprint density at radius 3 is 2.60 bits per heavy atom. The normalized spacial score (nSPS) is 12.3. The molecule has 0 aliphatic rings. The molecule has 1 aromatic rings. The number of benzene rings is 1. The summed E-state index contributed by atoms with van der Waals surface area (Å²) in [6.07, 6.45) is 0. The number of alkyl halides is 1. The molecule has 0 fully saturated rings. The summed E-state index contributed by atoms with van der Waals surface area (Å²) in [5.41, 5.74) is -0.229. The van der Waals surface area contributed by atoms with Crippen LogP contribution in [0.25, 0.3) is 0 Å². The molecule has 1 amide bonds. The average Bonchev–Trinajstić information content (AvgIpc) is 2.13. The summed E-state index contributed by atoms with van der Waals surface area (Å²) < 4.78 is 26.2. The molecule has 1 rings (SSSR count). The molecule has 6 heteroatoms. The molecular weight excluding hydrogens is 291 g/mol. The van der Waals surface area contributed by atoms with E-state index in [0.717, 1.165) is 12.1 Å². The number of nitrogens with one attached hydrogen (secondary N) is 1. The Bertz CT molecular complexity index is 398. The van der Waals surface area contributed by atoms with Crippen molar-refractivity contribution in [1.29, 1.82) is 0 Å². The van der Waals surface area contributed by atoms with E-state index in [4.69, 9.17) is 11.6 Å². The highest BCUT2D eigenvalue weighted by molar-refractivity contribution is 9.10. The lowest BCUT2D eigenvalue weighted by molar-refractivity contribution is -0.115. The highest BCUT2D eigenvalue weighted by Crippen LogP contribution is 2.23. The summed E-state index contributed by atoms with van der Waals surface area (Å²) in [6.45, 7) is 1.43. The monoisotopic (exact) mass is 297 g/mol. The van der Waals surface area contributed by atoms with Crippen LogP contribution in [0.4, 0.5) is 14.5 Å². The van der Waals surface area contributed by atoms with Crippen molar-refractivity contribution in [2.45, 2.75) is 12.3 Å². The Kier molecular flexibility index (Phi) is 4.04. The SMILES string of the molecule is CC(Cl)C(=O)Nc1cc(F)c(Br)cc1F. The molecule has 1 N–H and O–H groups in total. The molecule has 0 aliphatic carbocycles. The van der Waals surface area contributed by atoms with E-state index in [9.17, 15) is 13.6 Å². The Morgan fingerprint density at radius 1 is 1.47 bits per heavy atom. The van der Waals surface area contributed by atoms with Gasteiger partial charge in [-0.3, -0.25) is 4.79 Å². The second-order valence-corrected chi connectivity index (χ2v) is 4.36. The van der Waals surface area contributed by atoms with Crippen LogP contribution in [0.5, 0.6) is 0 Å². The highest BCUT2D eigenvalue weighted by atomic mass is 79.9. The van der Waals surface area contributed by atoms with Gasteiger partial charge in [0.05, 0.1) is 10.2 Å². The molecule has 0 radical (unpaired) electrons. The van der Waals surface area contributed by atoms with Crippen LogP contribution in [0.1, 0.15) is 6.92 Å². The molecule has 0 heterocycles. The number of hydrogen-bond donors (Lipinski definition) is 1. The van der Waals surface area contributed by atoms with Gasteiger partial charge < -0.3 is 5.32 Å². The summed E-state index contributed by atoms with van der Waals surface area (Å²) >= 11 is 8.29. The Balaban J connectivity index is 2.96. The number of amides is 1. The molecule has 0 spiro atoms. The number of halogens is 4. The number of carbonyl (C=O) groups excluding carboxylic acids is 1.